The Balaban J connectivity index is 2.67. The third-order valence-electron chi connectivity index (χ3n) is 3.66. The summed E-state index contributed by atoms with van der Waals surface area (Å²) in [5.74, 6) is 0.366. The lowest BCUT2D eigenvalue weighted by Crippen LogP contribution is -2.45. The van der Waals surface area contributed by atoms with Crippen LogP contribution in [0.2, 0.25) is 0 Å². The van der Waals surface area contributed by atoms with Crippen molar-refractivity contribution < 1.29 is 14.3 Å². The smallest absolute Gasteiger partial charge is 0.329 e. The number of esters is 1. The fourth-order valence-corrected chi connectivity index (χ4v) is 2.39. The molecule has 0 aliphatic carbocycles. The highest BCUT2D eigenvalue weighted by atomic mass is 16.6. The highest BCUT2D eigenvalue weighted by Gasteiger charge is 2.31. The SMILES string of the molecule is CCC1CCC(=O)N(C(C)C(=O)OC(C)(C)C)CC1. The van der Waals surface area contributed by atoms with Gasteiger partial charge >= 0.3 is 5.97 Å². The Morgan fingerprint density at radius 2 is 2.05 bits per heavy atom. The fourth-order valence-electron chi connectivity index (χ4n) is 2.39. The average Bonchev–Trinajstić information content (AvgIpc) is 2.48. The number of amides is 1. The first-order valence-corrected chi connectivity index (χ1v) is 7.27. The van der Waals surface area contributed by atoms with Crippen molar-refractivity contribution >= 4 is 11.9 Å². The molecule has 1 aliphatic heterocycles. The second-order valence-electron chi connectivity index (χ2n) is 6.40. The Hall–Kier alpha value is -1.06. The Morgan fingerprint density at radius 3 is 2.58 bits per heavy atom. The molecule has 2 unspecified atom stereocenters. The zero-order valence-corrected chi connectivity index (χ0v) is 12.9. The van der Waals surface area contributed by atoms with Gasteiger partial charge in [-0.25, -0.2) is 4.79 Å². The standard InChI is InChI=1S/C15H27NO3/c1-6-12-7-8-13(17)16(10-9-12)11(2)14(18)19-15(3,4)5/h11-12H,6-10H2,1-5H3. The topological polar surface area (TPSA) is 46.6 Å². The van der Waals surface area contributed by atoms with Gasteiger partial charge in [-0.15, -0.1) is 0 Å². The number of carbonyl (C=O) groups is 2. The van der Waals surface area contributed by atoms with Gasteiger partial charge in [0.2, 0.25) is 5.91 Å². The molecule has 0 bridgehead atoms. The lowest BCUT2D eigenvalue weighted by molar-refractivity contribution is -0.163. The number of nitrogens with zero attached hydrogens (tertiary/aromatic N) is 1. The van der Waals surface area contributed by atoms with Gasteiger partial charge in [0.1, 0.15) is 11.6 Å². The van der Waals surface area contributed by atoms with Gasteiger partial charge < -0.3 is 9.64 Å². The molecule has 110 valence electrons. The van der Waals surface area contributed by atoms with E-state index >= 15 is 0 Å². The Morgan fingerprint density at radius 1 is 1.42 bits per heavy atom. The number of rotatable bonds is 3. The molecule has 0 aromatic rings. The van der Waals surface area contributed by atoms with Gasteiger partial charge in [-0.05, 0) is 46.5 Å². The first-order chi connectivity index (χ1) is 8.74. The quantitative estimate of drug-likeness (QED) is 0.740. The van der Waals surface area contributed by atoms with E-state index in [0.717, 1.165) is 19.3 Å². The number of hydrogen-bond donors (Lipinski definition) is 0. The van der Waals surface area contributed by atoms with Crippen LogP contribution in [0.1, 0.15) is 60.3 Å². The molecule has 0 saturated carbocycles. The van der Waals surface area contributed by atoms with Crippen molar-refractivity contribution in [3.63, 3.8) is 0 Å². The maximum atomic E-state index is 12.1. The van der Waals surface area contributed by atoms with Crippen LogP contribution in [-0.4, -0.2) is 35.0 Å². The molecule has 0 spiro atoms. The van der Waals surface area contributed by atoms with E-state index in [-0.39, 0.29) is 11.9 Å². The predicted molar refractivity (Wildman–Crippen MR) is 74.7 cm³/mol. The summed E-state index contributed by atoms with van der Waals surface area (Å²) < 4.78 is 5.36. The fraction of sp³-hybridized carbons (Fsp3) is 0.867. The maximum absolute atomic E-state index is 12.1. The van der Waals surface area contributed by atoms with Gasteiger partial charge in [-0.1, -0.05) is 13.3 Å². The van der Waals surface area contributed by atoms with E-state index < -0.39 is 11.6 Å². The summed E-state index contributed by atoms with van der Waals surface area (Å²) in [4.78, 5) is 25.8. The molecule has 0 radical (unpaired) electrons. The van der Waals surface area contributed by atoms with Crippen LogP contribution >= 0.6 is 0 Å². The molecule has 0 aromatic carbocycles. The highest BCUT2D eigenvalue weighted by Crippen LogP contribution is 2.23. The van der Waals surface area contributed by atoms with Gasteiger partial charge in [0, 0.05) is 13.0 Å². The Labute approximate surface area is 116 Å². The van der Waals surface area contributed by atoms with Crippen LogP contribution in [0.25, 0.3) is 0 Å². The summed E-state index contributed by atoms with van der Waals surface area (Å²) in [5, 5.41) is 0. The number of carbonyl (C=O) groups excluding carboxylic acids is 2. The van der Waals surface area contributed by atoms with Crippen molar-refractivity contribution in [2.75, 3.05) is 6.54 Å². The van der Waals surface area contributed by atoms with E-state index in [1.54, 1.807) is 11.8 Å². The molecule has 1 saturated heterocycles. The maximum Gasteiger partial charge on any atom is 0.329 e. The molecular weight excluding hydrogens is 242 g/mol. The van der Waals surface area contributed by atoms with Crippen LogP contribution < -0.4 is 0 Å². The molecule has 0 N–H and O–H groups in total. The summed E-state index contributed by atoms with van der Waals surface area (Å²) in [5.41, 5.74) is -0.508. The minimum atomic E-state index is -0.508. The van der Waals surface area contributed by atoms with Gasteiger partial charge in [-0.3, -0.25) is 4.79 Å². The largest absolute Gasteiger partial charge is 0.458 e. The van der Waals surface area contributed by atoms with E-state index in [1.807, 2.05) is 20.8 Å². The van der Waals surface area contributed by atoms with Crippen LogP contribution in [0.4, 0.5) is 0 Å². The number of hydrogen-bond acceptors (Lipinski definition) is 3. The molecule has 4 heteroatoms. The molecular formula is C15H27NO3. The van der Waals surface area contributed by atoms with Gasteiger partial charge in [0.25, 0.3) is 0 Å². The lowest BCUT2D eigenvalue weighted by Gasteiger charge is -2.29. The minimum absolute atomic E-state index is 0.0781. The molecule has 4 nitrogen and oxygen atoms in total. The average molecular weight is 269 g/mol. The van der Waals surface area contributed by atoms with Crippen molar-refractivity contribution in [1.29, 1.82) is 0 Å². The van der Waals surface area contributed by atoms with Crippen molar-refractivity contribution in [1.82, 2.24) is 4.90 Å². The van der Waals surface area contributed by atoms with Crippen LogP contribution in [0, 0.1) is 5.92 Å². The Kier molecular flexibility index (Phi) is 5.39. The van der Waals surface area contributed by atoms with Crippen LogP contribution in [0.15, 0.2) is 0 Å². The molecule has 1 aliphatic rings. The Bertz CT molecular complexity index is 333. The van der Waals surface area contributed by atoms with Crippen molar-refractivity contribution in [3.8, 4) is 0 Å². The molecule has 19 heavy (non-hydrogen) atoms. The van der Waals surface area contributed by atoms with E-state index in [1.165, 1.54) is 0 Å². The molecule has 1 heterocycles. The van der Waals surface area contributed by atoms with E-state index in [4.69, 9.17) is 4.74 Å². The van der Waals surface area contributed by atoms with Crippen LogP contribution in [0.3, 0.4) is 0 Å². The minimum Gasteiger partial charge on any atom is -0.458 e. The monoisotopic (exact) mass is 269 g/mol. The zero-order chi connectivity index (χ0) is 14.6. The van der Waals surface area contributed by atoms with Gasteiger partial charge in [0.05, 0.1) is 0 Å². The van der Waals surface area contributed by atoms with Crippen molar-refractivity contribution in [2.45, 2.75) is 71.9 Å². The molecule has 1 fully saturated rings. The summed E-state index contributed by atoms with van der Waals surface area (Å²) in [6.45, 7) is 10.1. The second-order valence-corrected chi connectivity index (χ2v) is 6.40. The second kappa shape index (κ2) is 6.40. The van der Waals surface area contributed by atoms with E-state index in [0.29, 0.717) is 18.9 Å². The summed E-state index contributed by atoms with van der Waals surface area (Å²) in [7, 11) is 0. The number of likely N-dealkylation sites (tertiary alicyclic amines) is 1. The highest BCUT2D eigenvalue weighted by molar-refractivity contribution is 5.84. The van der Waals surface area contributed by atoms with Gasteiger partial charge in [-0.2, -0.15) is 0 Å². The van der Waals surface area contributed by atoms with Crippen LogP contribution in [0.5, 0.6) is 0 Å². The summed E-state index contributed by atoms with van der Waals surface area (Å²) in [6, 6.07) is -0.484. The van der Waals surface area contributed by atoms with Crippen molar-refractivity contribution in [2.24, 2.45) is 5.92 Å². The lowest BCUT2D eigenvalue weighted by atomic mass is 9.98. The molecule has 1 amide bonds. The first-order valence-electron chi connectivity index (χ1n) is 7.27. The van der Waals surface area contributed by atoms with E-state index in [2.05, 4.69) is 6.92 Å². The number of ether oxygens (including phenoxy) is 1. The summed E-state index contributed by atoms with van der Waals surface area (Å²) in [6.07, 6.45) is 3.57. The van der Waals surface area contributed by atoms with Crippen LogP contribution in [-0.2, 0) is 14.3 Å². The van der Waals surface area contributed by atoms with E-state index in [9.17, 15) is 9.59 Å². The third-order valence-corrected chi connectivity index (χ3v) is 3.66. The first kappa shape index (κ1) is 16.0. The molecule has 0 aromatic heterocycles. The van der Waals surface area contributed by atoms with Crippen molar-refractivity contribution in [3.05, 3.63) is 0 Å². The predicted octanol–water partition coefficient (Wildman–Crippen LogP) is 2.76. The normalized spacial score (nSPS) is 22.9. The zero-order valence-electron chi connectivity index (χ0n) is 12.9. The summed E-state index contributed by atoms with van der Waals surface area (Å²) >= 11 is 0. The molecule has 1 rings (SSSR count). The molecule has 2 atom stereocenters. The third kappa shape index (κ3) is 4.84. The van der Waals surface area contributed by atoms with Gasteiger partial charge in [0.15, 0.2) is 0 Å².